The van der Waals surface area contributed by atoms with E-state index in [9.17, 15) is 32.9 Å². The lowest BCUT2D eigenvalue weighted by molar-refractivity contribution is -0.757. The minimum atomic E-state index is -4.91. The number of halogens is 4. The zero-order chi connectivity index (χ0) is 24.8. The molecule has 1 unspecified atom stereocenters. The zero-order valence-corrected chi connectivity index (χ0v) is 18.9. The molecule has 0 aromatic heterocycles. The maximum atomic E-state index is 13.5. The number of hydrogen-bond acceptors (Lipinski definition) is 9. The van der Waals surface area contributed by atoms with Crippen molar-refractivity contribution in [2.45, 2.75) is 45.3 Å². The lowest BCUT2D eigenvalue weighted by Gasteiger charge is -2.29. The Kier molecular flexibility index (Phi) is 8.91. The van der Waals surface area contributed by atoms with Gasteiger partial charge >= 0.3 is 18.3 Å². The summed E-state index contributed by atoms with van der Waals surface area (Å²) in [5.41, 5.74) is -0.146. The van der Waals surface area contributed by atoms with Crippen LogP contribution in [-0.4, -0.2) is 49.0 Å². The van der Waals surface area contributed by atoms with Gasteiger partial charge in [0, 0.05) is 17.0 Å². The molecule has 2 rings (SSSR count). The molecule has 0 radical (unpaired) electrons. The summed E-state index contributed by atoms with van der Waals surface area (Å²) in [6.07, 6.45) is -8.83. The first-order valence-corrected chi connectivity index (χ1v) is 10.2. The van der Waals surface area contributed by atoms with E-state index in [2.05, 4.69) is 25.5 Å². The second-order valence-corrected chi connectivity index (χ2v) is 7.65. The number of fused-ring (bicyclic) bond motifs is 1. The summed E-state index contributed by atoms with van der Waals surface area (Å²) < 4.78 is 60.5. The number of carbonyl (C=O) groups is 2. The van der Waals surface area contributed by atoms with E-state index >= 15 is 0 Å². The van der Waals surface area contributed by atoms with Crippen LogP contribution < -0.4 is 4.74 Å². The van der Waals surface area contributed by atoms with Gasteiger partial charge in [0.2, 0.25) is 12.4 Å². The Morgan fingerprint density at radius 2 is 1.91 bits per heavy atom. The number of unbranched alkanes of at least 4 members (excludes halogenated alkanes) is 1. The van der Waals surface area contributed by atoms with Crippen molar-refractivity contribution in [2.24, 2.45) is 0 Å². The van der Waals surface area contributed by atoms with E-state index in [1.807, 2.05) is 0 Å². The number of esters is 1. The third-order valence-corrected chi connectivity index (χ3v) is 4.58. The van der Waals surface area contributed by atoms with Crippen LogP contribution in [0.2, 0.25) is 0 Å². The van der Waals surface area contributed by atoms with Gasteiger partial charge in [0.15, 0.2) is 0 Å². The van der Waals surface area contributed by atoms with Crippen LogP contribution in [0, 0.1) is 17.0 Å². The molecule has 2 atom stereocenters. The van der Waals surface area contributed by atoms with Gasteiger partial charge in [0.25, 0.3) is 5.09 Å². The van der Waals surface area contributed by atoms with Gasteiger partial charge in [-0.1, -0.05) is 15.9 Å². The van der Waals surface area contributed by atoms with Crippen molar-refractivity contribution in [3.8, 4) is 5.75 Å². The molecule has 1 aromatic rings. The van der Waals surface area contributed by atoms with Crippen LogP contribution in [0.3, 0.4) is 0 Å². The SMILES string of the molecule is Cc1cc(Br)cc2c1O[C@H](C(F)(F)F)C(C(=O)OC(C)OC(=O)OCCCCO[N+](=O)[O-])=C2. The monoisotopic (exact) mass is 541 g/mol. The van der Waals surface area contributed by atoms with Gasteiger partial charge in [-0.05, 0) is 43.5 Å². The first-order valence-electron chi connectivity index (χ1n) is 9.45. The second-order valence-electron chi connectivity index (χ2n) is 6.73. The Morgan fingerprint density at radius 3 is 2.55 bits per heavy atom. The number of nitrogens with zero attached hydrogens (tertiary/aromatic N) is 1. The number of benzene rings is 1. The molecule has 0 aliphatic carbocycles. The van der Waals surface area contributed by atoms with Crippen LogP contribution >= 0.6 is 15.9 Å². The summed E-state index contributed by atoms with van der Waals surface area (Å²) in [7, 11) is 0. The Labute approximate surface area is 193 Å². The number of alkyl halides is 3. The first-order chi connectivity index (χ1) is 15.4. The highest BCUT2D eigenvalue weighted by Gasteiger charge is 2.49. The molecule has 182 valence electrons. The van der Waals surface area contributed by atoms with Gasteiger partial charge < -0.3 is 23.8 Å². The van der Waals surface area contributed by atoms with Crippen molar-refractivity contribution in [1.29, 1.82) is 0 Å². The highest BCUT2D eigenvalue weighted by molar-refractivity contribution is 9.10. The normalized spacial score (nSPS) is 15.9. The van der Waals surface area contributed by atoms with Crippen molar-refractivity contribution in [3.63, 3.8) is 0 Å². The molecule has 1 aliphatic heterocycles. The zero-order valence-electron chi connectivity index (χ0n) is 17.3. The molecule has 1 aromatic carbocycles. The van der Waals surface area contributed by atoms with E-state index < -0.39 is 41.4 Å². The minimum absolute atomic E-state index is 0.0198. The van der Waals surface area contributed by atoms with Crippen LogP contribution in [0.5, 0.6) is 5.75 Å². The molecule has 1 aliphatic rings. The summed E-state index contributed by atoms with van der Waals surface area (Å²) in [6.45, 7) is 2.33. The predicted molar refractivity (Wildman–Crippen MR) is 107 cm³/mol. The molecular weight excluding hydrogens is 523 g/mol. The molecule has 14 heteroatoms. The fourth-order valence-corrected chi connectivity index (χ4v) is 3.36. The molecule has 0 saturated carbocycles. The molecule has 0 amide bonds. The number of rotatable bonds is 9. The first kappa shape index (κ1) is 26.2. The third kappa shape index (κ3) is 7.80. The summed E-state index contributed by atoms with van der Waals surface area (Å²) >= 11 is 3.23. The Bertz CT molecular complexity index is 936. The van der Waals surface area contributed by atoms with Gasteiger partial charge in [-0.3, -0.25) is 0 Å². The number of aryl methyl sites for hydroxylation is 1. The molecule has 0 bridgehead atoms. The molecule has 10 nitrogen and oxygen atoms in total. The second kappa shape index (κ2) is 11.2. The van der Waals surface area contributed by atoms with Crippen molar-refractivity contribution in [1.82, 2.24) is 0 Å². The maximum absolute atomic E-state index is 13.5. The molecule has 33 heavy (non-hydrogen) atoms. The molecule has 0 fully saturated rings. The fraction of sp³-hybridized carbons (Fsp3) is 0.474. The molecule has 0 saturated heterocycles. The van der Waals surface area contributed by atoms with E-state index in [1.165, 1.54) is 6.07 Å². The maximum Gasteiger partial charge on any atom is 0.511 e. The van der Waals surface area contributed by atoms with E-state index in [4.69, 9.17) is 14.2 Å². The van der Waals surface area contributed by atoms with Crippen molar-refractivity contribution >= 4 is 34.1 Å². The van der Waals surface area contributed by atoms with Crippen LogP contribution in [0.1, 0.15) is 30.9 Å². The molecule has 0 spiro atoms. The van der Waals surface area contributed by atoms with Crippen molar-refractivity contribution in [3.05, 3.63) is 43.4 Å². The van der Waals surface area contributed by atoms with Crippen LogP contribution in [-0.2, 0) is 23.8 Å². The third-order valence-electron chi connectivity index (χ3n) is 4.12. The van der Waals surface area contributed by atoms with Crippen molar-refractivity contribution < 1.29 is 51.6 Å². The number of carbonyl (C=O) groups excluding carboxylic acids is 2. The Morgan fingerprint density at radius 1 is 1.24 bits per heavy atom. The molecule has 0 N–H and O–H groups in total. The lowest BCUT2D eigenvalue weighted by Crippen LogP contribution is -2.41. The van der Waals surface area contributed by atoms with E-state index in [-0.39, 0.29) is 37.4 Å². The Hall–Kier alpha value is -3.03. The van der Waals surface area contributed by atoms with Gasteiger partial charge in [0.05, 0.1) is 18.8 Å². The lowest BCUT2D eigenvalue weighted by atomic mass is 9.99. The summed E-state index contributed by atoms with van der Waals surface area (Å²) in [5.74, 6) is -1.41. The van der Waals surface area contributed by atoms with Crippen molar-refractivity contribution in [2.75, 3.05) is 13.2 Å². The van der Waals surface area contributed by atoms with E-state index in [0.29, 0.717) is 10.0 Å². The van der Waals surface area contributed by atoms with E-state index in [0.717, 1.165) is 13.0 Å². The summed E-state index contributed by atoms with van der Waals surface area (Å²) in [6, 6.07) is 3.05. The van der Waals surface area contributed by atoms with Crippen LogP contribution in [0.25, 0.3) is 6.08 Å². The summed E-state index contributed by atoms with van der Waals surface area (Å²) in [4.78, 5) is 38.1. The van der Waals surface area contributed by atoms with Gasteiger partial charge in [-0.2, -0.15) is 13.2 Å². The highest BCUT2D eigenvalue weighted by Crippen LogP contribution is 2.40. The number of hydrogen-bond donors (Lipinski definition) is 0. The molecular formula is C19H19BrF3NO9. The molecule has 1 heterocycles. The quantitative estimate of drug-likeness (QED) is 0.146. The van der Waals surface area contributed by atoms with Gasteiger partial charge in [0.1, 0.15) is 5.75 Å². The van der Waals surface area contributed by atoms with Gasteiger partial charge in [-0.25, -0.2) is 9.59 Å². The smallest absolute Gasteiger partial charge is 0.475 e. The predicted octanol–water partition coefficient (Wildman–Crippen LogP) is 4.50. The van der Waals surface area contributed by atoms with Crippen LogP contribution in [0.15, 0.2) is 22.2 Å². The fourth-order valence-electron chi connectivity index (χ4n) is 2.77. The topological polar surface area (TPSA) is 123 Å². The van der Waals surface area contributed by atoms with E-state index in [1.54, 1.807) is 13.0 Å². The largest absolute Gasteiger partial charge is 0.511 e. The van der Waals surface area contributed by atoms with Gasteiger partial charge in [-0.15, -0.1) is 10.1 Å². The highest BCUT2D eigenvalue weighted by atomic mass is 79.9. The van der Waals surface area contributed by atoms with Crippen LogP contribution in [0.4, 0.5) is 18.0 Å². The average molecular weight is 542 g/mol. The number of ether oxygens (including phenoxy) is 4. The summed E-state index contributed by atoms with van der Waals surface area (Å²) in [5, 5.41) is 9.03. The Balaban J connectivity index is 1.98. The minimum Gasteiger partial charge on any atom is -0.475 e. The standard InChI is InChI=1S/C19H19BrF3NO9/c1-10-7-13(20)8-12-9-14(16(19(21,22)23)33-15(10)12)17(25)31-11(2)32-18(26)29-5-3-4-6-30-24(27)28/h7-9,11,16H,3-6H2,1-2H3/t11?,16-/m0/s1. The average Bonchev–Trinajstić information content (AvgIpc) is 2.68.